The van der Waals surface area contributed by atoms with Crippen LogP contribution in [0.5, 0.6) is 0 Å². The van der Waals surface area contributed by atoms with Crippen LogP contribution in [-0.2, 0) is 26.8 Å². The van der Waals surface area contributed by atoms with E-state index in [9.17, 15) is 14.4 Å². The van der Waals surface area contributed by atoms with Crippen LogP contribution in [0, 0.1) is 0 Å². The highest BCUT2D eigenvalue weighted by molar-refractivity contribution is 6.07. The molecule has 1 saturated heterocycles. The summed E-state index contributed by atoms with van der Waals surface area (Å²) < 4.78 is 6.83. The highest BCUT2D eigenvalue weighted by Gasteiger charge is 2.47. The maximum Gasteiger partial charge on any atom is 0.269 e. The Morgan fingerprint density at radius 2 is 2.07 bits per heavy atom. The van der Waals surface area contributed by atoms with E-state index in [1.54, 1.807) is 25.2 Å². The molecule has 1 aromatic carbocycles. The van der Waals surface area contributed by atoms with E-state index in [0.717, 1.165) is 5.56 Å². The molecular formula is C19H21N5O4. The number of carbonyl (C=O) groups is 3. The lowest BCUT2D eigenvalue weighted by Crippen LogP contribution is -2.39. The fraction of sp³-hybridized carbons (Fsp3) is 0.368. The van der Waals surface area contributed by atoms with Gasteiger partial charge >= 0.3 is 0 Å². The van der Waals surface area contributed by atoms with Crippen LogP contribution < -0.4 is 16.0 Å². The summed E-state index contributed by atoms with van der Waals surface area (Å²) in [5.41, 5.74) is 2.05. The molecule has 0 atom stereocenters. The monoisotopic (exact) mass is 383 g/mol. The number of aromatic nitrogens is 2. The molecule has 3 heterocycles. The van der Waals surface area contributed by atoms with Gasteiger partial charge in [-0.1, -0.05) is 6.07 Å². The lowest BCUT2D eigenvalue weighted by atomic mass is 9.75. The first kappa shape index (κ1) is 18.2. The molecule has 1 spiro atoms. The Morgan fingerprint density at radius 1 is 1.29 bits per heavy atom. The van der Waals surface area contributed by atoms with Crippen LogP contribution >= 0.6 is 0 Å². The Morgan fingerprint density at radius 3 is 2.79 bits per heavy atom. The molecule has 0 unspecified atom stereocenters. The Labute approximate surface area is 161 Å². The average Bonchev–Trinajstić information content (AvgIpc) is 3.22. The van der Waals surface area contributed by atoms with Gasteiger partial charge in [-0.25, -0.2) is 0 Å². The second-order valence-corrected chi connectivity index (χ2v) is 6.98. The quantitative estimate of drug-likeness (QED) is 0.722. The molecule has 1 aromatic heterocycles. The van der Waals surface area contributed by atoms with E-state index in [0.29, 0.717) is 43.1 Å². The number of rotatable bonds is 4. The zero-order valence-electron chi connectivity index (χ0n) is 15.4. The number of nitrogens with zero attached hydrogens (tertiary/aromatic N) is 2. The Bertz CT molecular complexity index is 946. The minimum Gasteiger partial charge on any atom is -0.381 e. The van der Waals surface area contributed by atoms with Crippen molar-refractivity contribution in [2.24, 2.45) is 7.05 Å². The highest BCUT2D eigenvalue weighted by atomic mass is 16.5. The first-order valence-corrected chi connectivity index (χ1v) is 9.09. The molecular weight excluding hydrogens is 362 g/mol. The number of hydrogen-bond donors (Lipinski definition) is 3. The molecule has 1 fully saturated rings. The third-order valence-corrected chi connectivity index (χ3v) is 5.31. The normalized spacial score (nSPS) is 17.1. The molecule has 3 amide bonds. The molecule has 4 rings (SSSR count). The van der Waals surface area contributed by atoms with Crippen LogP contribution in [0.15, 0.2) is 30.5 Å². The summed E-state index contributed by atoms with van der Waals surface area (Å²) in [5.74, 6) is -0.754. The van der Waals surface area contributed by atoms with Crippen LogP contribution in [0.3, 0.4) is 0 Å². The summed E-state index contributed by atoms with van der Waals surface area (Å²) >= 11 is 0. The molecule has 3 N–H and O–H groups in total. The zero-order valence-corrected chi connectivity index (χ0v) is 15.4. The minimum atomic E-state index is -0.535. The van der Waals surface area contributed by atoms with Crippen molar-refractivity contribution in [3.05, 3.63) is 41.7 Å². The van der Waals surface area contributed by atoms with Gasteiger partial charge in [0.15, 0.2) is 0 Å². The summed E-state index contributed by atoms with van der Waals surface area (Å²) in [6, 6.07) is 6.97. The maximum absolute atomic E-state index is 12.6. The second kappa shape index (κ2) is 7.08. The number of aryl methyl sites for hydroxylation is 1. The number of fused-ring (bicyclic) bond motifs is 2. The summed E-state index contributed by atoms with van der Waals surface area (Å²) in [4.78, 5) is 36.8. The number of carbonyl (C=O) groups excluding carboxylic acids is 3. The van der Waals surface area contributed by atoms with Gasteiger partial charge in [0.05, 0.1) is 12.0 Å². The first-order chi connectivity index (χ1) is 13.5. The van der Waals surface area contributed by atoms with Crippen molar-refractivity contribution in [1.29, 1.82) is 0 Å². The number of anilines is 2. The Balaban J connectivity index is 1.40. The van der Waals surface area contributed by atoms with Gasteiger partial charge in [-0.3, -0.25) is 19.1 Å². The van der Waals surface area contributed by atoms with Crippen LogP contribution in [0.25, 0.3) is 0 Å². The van der Waals surface area contributed by atoms with Crippen molar-refractivity contribution in [2.75, 3.05) is 30.4 Å². The molecule has 2 aliphatic rings. The number of hydrogen-bond acceptors (Lipinski definition) is 5. The lowest BCUT2D eigenvalue weighted by molar-refractivity contribution is -0.124. The standard InChI is InChI=1S/C19H21N5O4/c1-24-15(4-7-21-24)17(26)20-11-16(25)22-12-2-3-13-14(10-12)23-18(27)19(13)5-8-28-9-6-19/h2-4,7,10H,5-6,8-9,11H2,1H3,(H,20,26)(H,22,25)(H,23,27). The van der Waals surface area contributed by atoms with E-state index in [1.807, 2.05) is 6.07 Å². The zero-order chi connectivity index (χ0) is 19.7. The average molecular weight is 383 g/mol. The van der Waals surface area contributed by atoms with Crippen LogP contribution in [-0.4, -0.2) is 47.3 Å². The number of ether oxygens (including phenoxy) is 1. The Hall–Kier alpha value is -3.20. The molecule has 28 heavy (non-hydrogen) atoms. The molecule has 0 bridgehead atoms. The fourth-order valence-electron chi connectivity index (χ4n) is 3.78. The number of benzene rings is 1. The van der Waals surface area contributed by atoms with Gasteiger partial charge in [0, 0.05) is 37.8 Å². The molecule has 0 radical (unpaired) electrons. The largest absolute Gasteiger partial charge is 0.381 e. The van der Waals surface area contributed by atoms with E-state index >= 15 is 0 Å². The molecule has 2 aromatic rings. The van der Waals surface area contributed by atoms with Gasteiger partial charge < -0.3 is 20.7 Å². The summed E-state index contributed by atoms with van der Waals surface area (Å²) in [5, 5.41) is 12.1. The topological polar surface area (TPSA) is 114 Å². The van der Waals surface area contributed by atoms with Crippen LogP contribution in [0.1, 0.15) is 28.9 Å². The van der Waals surface area contributed by atoms with E-state index in [2.05, 4.69) is 21.0 Å². The predicted molar refractivity (Wildman–Crippen MR) is 101 cm³/mol. The van der Waals surface area contributed by atoms with Crippen LogP contribution in [0.4, 0.5) is 11.4 Å². The van der Waals surface area contributed by atoms with Crippen LogP contribution in [0.2, 0.25) is 0 Å². The molecule has 0 saturated carbocycles. The van der Waals surface area contributed by atoms with Crippen molar-refractivity contribution >= 4 is 29.1 Å². The van der Waals surface area contributed by atoms with E-state index in [4.69, 9.17) is 4.74 Å². The molecule has 0 aliphatic carbocycles. The fourth-order valence-corrected chi connectivity index (χ4v) is 3.78. The smallest absolute Gasteiger partial charge is 0.269 e. The van der Waals surface area contributed by atoms with Gasteiger partial charge in [0.2, 0.25) is 11.8 Å². The Kier molecular flexibility index (Phi) is 4.60. The molecule has 146 valence electrons. The van der Waals surface area contributed by atoms with Crippen molar-refractivity contribution in [3.63, 3.8) is 0 Å². The van der Waals surface area contributed by atoms with Crippen molar-refractivity contribution in [3.8, 4) is 0 Å². The van der Waals surface area contributed by atoms with Gasteiger partial charge in [0.25, 0.3) is 5.91 Å². The van der Waals surface area contributed by atoms with Crippen molar-refractivity contribution in [1.82, 2.24) is 15.1 Å². The van der Waals surface area contributed by atoms with Gasteiger partial charge in [-0.05, 0) is 36.6 Å². The third-order valence-electron chi connectivity index (χ3n) is 5.31. The SMILES string of the molecule is Cn1nccc1C(=O)NCC(=O)Nc1ccc2c(c1)NC(=O)C21CCOCC1. The summed E-state index contributed by atoms with van der Waals surface area (Å²) in [6.07, 6.45) is 2.81. The predicted octanol–water partition coefficient (Wildman–Crippen LogP) is 0.789. The maximum atomic E-state index is 12.6. The van der Waals surface area contributed by atoms with E-state index < -0.39 is 5.41 Å². The number of amides is 3. The lowest BCUT2D eigenvalue weighted by Gasteiger charge is -2.31. The molecule has 9 heteroatoms. The minimum absolute atomic E-state index is 0.0160. The molecule has 2 aliphatic heterocycles. The van der Waals surface area contributed by atoms with E-state index in [1.165, 1.54) is 10.9 Å². The second-order valence-electron chi connectivity index (χ2n) is 6.98. The van der Waals surface area contributed by atoms with E-state index in [-0.39, 0.29) is 24.3 Å². The highest BCUT2D eigenvalue weighted by Crippen LogP contribution is 2.45. The van der Waals surface area contributed by atoms with Gasteiger partial charge in [-0.2, -0.15) is 5.10 Å². The van der Waals surface area contributed by atoms with Gasteiger partial charge in [-0.15, -0.1) is 0 Å². The summed E-state index contributed by atoms with van der Waals surface area (Å²) in [7, 11) is 1.65. The van der Waals surface area contributed by atoms with Crippen molar-refractivity contribution < 1.29 is 19.1 Å². The first-order valence-electron chi connectivity index (χ1n) is 9.09. The molecule has 9 nitrogen and oxygen atoms in total. The third kappa shape index (κ3) is 3.13. The summed E-state index contributed by atoms with van der Waals surface area (Å²) in [6.45, 7) is 0.943. The van der Waals surface area contributed by atoms with Gasteiger partial charge in [0.1, 0.15) is 5.69 Å². The number of nitrogens with one attached hydrogen (secondary N) is 3. The van der Waals surface area contributed by atoms with Crippen molar-refractivity contribution in [2.45, 2.75) is 18.3 Å².